The van der Waals surface area contributed by atoms with Gasteiger partial charge in [-0.1, -0.05) is 18.2 Å². The molecule has 1 heterocycles. The molecule has 0 fully saturated rings. The van der Waals surface area contributed by atoms with Gasteiger partial charge in [-0.3, -0.25) is 14.6 Å². The van der Waals surface area contributed by atoms with Crippen molar-refractivity contribution in [2.24, 2.45) is 0 Å². The van der Waals surface area contributed by atoms with Crippen LogP contribution in [0.1, 0.15) is 16.8 Å². The minimum atomic E-state index is -1.01. The average Bonchev–Trinajstić information content (AvgIpc) is 2.48. The number of rotatable bonds is 5. The van der Waals surface area contributed by atoms with Crippen LogP contribution in [0.5, 0.6) is 0 Å². The van der Waals surface area contributed by atoms with Gasteiger partial charge in [-0.25, -0.2) is 4.39 Å². The molecule has 0 atom stereocenters. The van der Waals surface area contributed by atoms with E-state index in [9.17, 15) is 14.0 Å². The number of pyridine rings is 1. The Kier molecular flexibility index (Phi) is 4.61. The smallest absolute Gasteiger partial charge is 0.305 e. The molecule has 108 valence electrons. The van der Waals surface area contributed by atoms with Gasteiger partial charge in [0.25, 0.3) is 5.91 Å². The Morgan fingerprint density at radius 2 is 1.90 bits per heavy atom. The highest BCUT2D eigenvalue weighted by molar-refractivity contribution is 6.06. The van der Waals surface area contributed by atoms with Gasteiger partial charge < -0.3 is 10.0 Å². The molecule has 6 heteroatoms. The third-order valence-corrected chi connectivity index (χ3v) is 2.81. The van der Waals surface area contributed by atoms with Gasteiger partial charge in [-0.05, 0) is 18.2 Å². The summed E-state index contributed by atoms with van der Waals surface area (Å²) in [6.45, 7) is -0.00526. The van der Waals surface area contributed by atoms with Crippen LogP contribution in [0.4, 0.5) is 10.1 Å². The maximum Gasteiger partial charge on any atom is 0.305 e. The van der Waals surface area contributed by atoms with Crippen molar-refractivity contribution in [3.63, 3.8) is 0 Å². The van der Waals surface area contributed by atoms with Crippen molar-refractivity contribution < 1.29 is 19.1 Å². The lowest BCUT2D eigenvalue weighted by molar-refractivity contribution is -0.136. The number of carboxylic acid groups (broad SMARTS) is 1. The van der Waals surface area contributed by atoms with Gasteiger partial charge in [0.05, 0.1) is 18.2 Å². The van der Waals surface area contributed by atoms with E-state index in [0.717, 1.165) is 12.3 Å². The lowest BCUT2D eigenvalue weighted by Gasteiger charge is -2.22. The Bertz CT molecular complexity index is 646. The summed E-state index contributed by atoms with van der Waals surface area (Å²) in [4.78, 5) is 28.1. The van der Waals surface area contributed by atoms with Crippen LogP contribution in [0.25, 0.3) is 0 Å². The number of anilines is 1. The zero-order chi connectivity index (χ0) is 15.2. The fourth-order valence-electron chi connectivity index (χ4n) is 1.85. The Morgan fingerprint density at radius 1 is 1.19 bits per heavy atom. The maximum atomic E-state index is 13.2. The molecule has 0 aliphatic rings. The average molecular weight is 288 g/mol. The molecule has 21 heavy (non-hydrogen) atoms. The number of hydrogen-bond donors (Lipinski definition) is 1. The van der Waals surface area contributed by atoms with E-state index in [1.807, 2.05) is 0 Å². The molecule has 0 aliphatic carbocycles. The second-order valence-corrected chi connectivity index (χ2v) is 4.33. The summed E-state index contributed by atoms with van der Waals surface area (Å²) in [6.07, 6.45) is 2.05. The Morgan fingerprint density at radius 3 is 2.52 bits per heavy atom. The van der Waals surface area contributed by atoms with E-state index in [4.69, 9.17) is 5.11 Å². The van der Waals surface area contributed by atoms with Crippen molar-refractivity contribution in [1.29, 1.82) is 0 Å². The van der Waals surface area contributed by atoms with Crippen molar-refractivity contribution in [3.8, 4) is 0 Å². The van der Waals surface area contributed by atoms with Crippen molar-refractivity contribution >= 4 is 17.6 Å². The predicted molar refractivity (Wildman–Crippen MR) is 74.6 cm³/mol. The van der Waals surface area contributed by atoms with E-state index in [-0.39, 0.29) is 18.5 Å². The number of carbonyl (C=O) groups is 2. The van der Waals surface area contributed by atoms with Gasteiger partial charge in [-0.15, -0.1) is 0 Å². The minimum absolute atomic E-state index is 0.00526. The number of carbonyl (C=O) groups excluding carboxylic acids is 1. The number of halogens is 1. The lowest BCUT2D eigenvalue weighted by atomic mass is 10.2. The number of nitrogens with zero attached hydrogens (tertiary/aromatic N) is 2. The normalized spacial score (nSPS) is 10.1. The van der Waals surface area contributed by atoms with Crippen LogP contribution in [0.3, 0.4) is 0 Å². The molecule has 1 aromatic heterocycles. The summed E-state index contributed by atoms with van der Waals surface area (Å²) in [5, 5.41) is 8.80. The lowest BCUT2D eigenvalue weighted by Crippen LogP contribution is -2.33. The molecule has 0 unspecified atom stereocenters. The molecule has 5 nitrogen and oxygen atoms in total. The van der Waals surface area contributed by atoms with Crippen LogP contribution in [-0.2, 0) is 4.79 Å². The van der Waals surface area contributed by atoms with Crippen molar-refractivity contribution in [2.45, 2.75) is 6.42 Å². The SMILES string of the molecule is O=C(O)CCN(C(=O)c1cncc(F)c1)c1ccccc1. The fraction of sp³-hybridized carbons (Fsp3) is 0.133. The monoisotopic (exact) mass is 288 g/mol. The van der Waals surface area contributed by atoms with Gasteiger partial charge in [-0.2, -0.15) is 0 Å². The van der Waals surface area contributed by atoms with Gasteiger partial charge in [0, 0.05) is 18.4 Å². The van der Waals surface area contributed by atoms with Crippen LogP contribution >= 0.6 is 0 Å². The number of para-hydroxylation sites is 1. The van der Waals surface area contributed by atoms with Crippen LogP contribution in [0.2, 0.25) is 0 Å². The highest BCUT2D eigenvalue weighted by atomic mass is 19.1. The van der Waals surface area contributed by atoms with Crippen molar-refractivity contribution in [1.82, 2.24) is 4.98 Å². The number of amides is 1. The molecule has 0 bridgehead atoms. The van der Waals surface area contributed by atoms with Gasteiger partial charge >= 0.3 is 5.97 Å². The number of hydrogen-bond acceptors (Lipinski definition) is 3. The van der Waals surface area contributed by atoms with E-state index in [2.05, 4.69) is 4.98 Å². The van der Waals surface area contributed by atoms with Crippen LogP contribution in [0, 0.1) is 5.82 Å². The summed E-state index contributed by atoms with van der Waals surface area (Å²) < 4.78 is 13.2. The zero-order valence-electron chi connectivity index (χ0n) is 11.1. The molecular weight excluding hydrogens is 275 g/mol. The Labute approximate surface area is 120 Å². The summed E-state index contributed by atoms with van der Waals surface area (Å²) in [5.74, 6) is -2.12. The first kappa shape index (κ1) is 14.6. The Hall–Kier alpha value is -2.76. The van der Waals surface area contributed by atoms with E-state index in [1.54, 1.807) is 30.3 Å². The molecule has 0 radical (unpaired) electrons. The first-order valence-corrected chi connectivity index (χ1v) is 6.27. The minimum Gasteiger partial charge on any atom is -0.481 e. The third kappa shape index (κ3) is 3.85. The zero-order valence-corrected chi connectivity index (χ0v) is 11.1. The number of aliphatic carboxylic acids is 1. The van der Waals surface area contributed by atoms with E-state index < -0.39 is 17.7 Å². The Balaban J connectivity index is 2.30. The topological polar surface area (TPSA) is 70.5 Å². The first-order valence-electron chi connectivity index (χ1n) is 6.27. The third-order valence-electron chi connectivity index (χ3n) is 2.81. The van der Waals surface area contributed by atoms with Crippen LogP contribution in [-0.4, -0.2) is 28.5 Å². The summed E-state index contributed by atoms with van der Waals surface area (Å²) >= 11 is 0. The van der Waals surface area contributed by atoms with Crippen molar-refractivity contribution in [3.05, 3.63) is 60.2 Å². The highest BCUT2D eigenvalue weighted by Gasteiger charge is 2.19. The number of benzene rings is 1. The van der Waals surface area contributed by atoms with Gasteiger partial charge in [0.15, 0.2) is 0 Å². The first-order chi connectivity index (χ1) is 10.1. The second-order valence-electron chi connectivity index (χ2n) is 4.33. The summed E-state index contributed by atoms with van der Waals surface area (Å²) in [6, 6.07) is 9.71. The van der Waals surface area contributed by atoms with E-state index in [0.29, 0.717) is 5.69 Å². The fourth-order valence-corrected chi connectivity index (χ4v) is 1.85. The van der Waals surface area contributed by atoms with Crippen LogP contribution < -0.4 is 4.90 Å². The molecule has 2 aromatic rings. The number of aromatic nitrogens is 1. The highest BCUT2D eigenvalue weighted by Crippen LogP contribution is 2.17. The second kappa shape index (κ2) is 6.60. The molecule has 0 aliphatic heterocycles. The van der Waals surface area contributed by atoms with E-state index >= 15 is 0 Å². The maximum absolute atomic E-state index is 13.2. The number of carboxylic acids is 1. The predicted octanol–water partition coefficient (Wildman–Crippen LogP) is 2.34. The van der Waals surface area contributed by atoms with Gasteiger partial charge in [0.2, 0.25) is 0 Å². The quantitative estimate of drug-likeness (QED) is 0.916. The molecule has 1 N–H and O–H groups in total. The summed E-state index contributed by atoms with van der Waals surface area (Å²) in [5.41, 5.74) is 0.622. The molecule has 0 spiro atoms. The van der Waals surface area contributed by atoms with Gasteiger partial charge in [0.1, 0.15) is 5.82 Å². The van der Waals surface area contributed by atoms with E-state index in [1.165, 1.54) is 11.1 Å². The summed E-state index contributed by atoms with van der Waals surface area (Å²) in [7, 11) is 0. The largest absolute Gasteiger partial charge is 0.481 e. The molecule has 2 rings (SSSR count). The molecule has 1 aromatic carbocycles. The standard InChI is InChI=1S/C15H13FN2O3/c16-12-8-11(9-17-10-12)15(21)18(7-6-14(19)20)13-4-2-1-3-5-13/h1-5,8-10H,6-7H2,(H,19,20). The molecule has 0 saturated heterocycles. The molecule has 0 saturated carbocycles. The van der Waals surface area contributed by atoms with Crippen LogP contribution in [0.15, 0.2) is 48.8 Å². The molecule has 1 amide bonds. The molecular formula is C15H13FN2O3. The van der Waals surface area contributed by atoms with Crippen molar-refractivity contribution in [2.75, 3.05) is 11.4 Å².